The molecular weight excluding hydrogens is 416 g/mol. The number of aromatic nitrogens is 2. The number of piperazine rings is 1. The molecule has 0 spiro atoms. The third-order valence-corrected chi connectivity index (χ3v) is 6.11. The third-order valence-electron chi connectivity index (χ3n) is 4.42. The topological polar surface area (TPSA) is 54.6 Å². The molecule has 0 unspecified atom stereocenters. The molecule has 6 nitrogen and oxygen atoms in total. The van der Waals surface area contributed by atoms with Gasteiger partial charge in [0.1, 0.15) is 5.75 Å². The number of methoxy groups -OCH3 is 1. The summed E-state index contributed by atoms with van der Waals surface area (Å²) in [5.74, 6) is 2.22. The highest BCUT2D eigenvalue weighted by Gasteiger charge is 2.20. The minimum atomic E-state index is 0.660. The van der Waals surface area contributed by atoms with E-state index >= 15 is 0 Å². The lowest BCUT2D eigenvalue weighted by molar-refractivity contribution is 0.215. The Hall–Kier alpha value is -1.90. The molecule has 0 aliphatic carbocycles. The van der Waals surface area contributed by atoms with E-state index in [0.717, 1.165) is 41.3 Å². The number of hydrogen-bond acceptors (Lipinski definition) is 7. The fourth-order valence-electron chi connectivity index (χ4n) is 3.00. The average Bonchev–Trinajstić information content (AvgIpc) is 3.31. The highest BCUT2D eigenvalue weighted by Crippen LogP contribution is 2.28. The van der Waals surface area contributed by atoms with Crippen LogP contribution in [0.5, 0.6) is 5.75 Å². The van der Waals surface area contributed by atoms with Crippen LogP contribution in [-0.4, -0.2) is 48.3 Å². The van der Waals surface area contributed by atoms with Crippen LogP contribution >= 0.6 is 27.3 Å². The summed E-state index contributed by atoms with van der Waals surface area (Å²) in [5.41, 5.74) is 1.23. The summed E-state index contributed by atoms with van der Waals surface area (Å²) in [6, 6.07) is 10.2. The lowest BCUT2D eigenvalue weighted by atomic mass is 10.2. The first-order valence-corrected chi connectivity index (χ1v) is 10.1. The molecule has 0 atom stereocenters. The lowest BCUT2D eigenvalue weighted by Gasteiger charge is -2.35. The van der Waals surface area contributed by atoms with Crippen molar-refractivity contribution in [2.45, 2.75) is 6.54 Å². The second-order valence-electron chi connectivity index (χ2n) is 6.10. The van der Waals surface area contributed by atoms with E-state index in [0.29, 0.717) is 18.3 Å². The van der Waals surface area contributed by atoms with Gasteiger partial charge in [0.25, 0.3) is 0 Å². The Bertz CT molecular complexity index is 856. The summed E-state index contributed by atoms with van der Waals surface area (Å²) in [7, 11) is 1.69. The van der Waals surface area contributed by atoms with Gasteiger partial charge < -0.3 is 14.2 Å². The van der Waals surface area contributed by atoms with Gasteiger partial charge in [0.2, 0.25) is 11.7 Å². The smallest absolute Gasteiger partial charge is 0.241 e. The van der Waals surface area contributed by atoms with E-state index in [1.54, 1.807) is 18.4 Å². The summed E-state index contributed by atoms with van der Waals surface area (Å²) in [6.07, 6.45) is 0. The van der Waals surface area contributed by atoms with Gasteiger partial charge >= 0.3 is 0 Å². The SMILES string of the molecule is COc1ccc(N2CCN(Cc3nc(-c4cc(Br)cs4)no3)CC2)cc1. The highest BCUT2D eigenvalue weighted by atomic mass is 79.9. The van der Waals surface area contributed by atoms with Crippen molar-refractivity contribution in [3.05, 3.63) is 46.1 Å². The second-order valence-corrected chi connectivity index (χ2v) is 7.93. The predicted molar refractivity (Wildman–Crippen MR) is 106 cm³/mol. The first-order valence-electron chi connectivity index (χ1n) is 8.39. The molecule has 0 amide bonds. The van der Waals surface area contributed by atoms with Crippen LogP contribution in [0.3, 0.4) is 0 Å². The Kier molecular flexibility index (Phi) is 5.23. The van der Waals surface area contributed by atoms with Crippen molar-refractivity contribution in [2.75, 3.05) is 38.2 Å². The van der Waals surface area contributed by atoms with Crippen LogP contribution in [0, 0.1) is 0 Å². The molecule has 0 saturated carbocycles. The van der Waals surface area contributed by atoms with Crippen LogP contribution < -0.4 is 9.64 Å². The van der Waals surface area contributed by atoms with Crippen molar-refractivity contribution in [1.29, 1.82) is 0 Å². The third kappa shape index (κ3) is 3.92. The maximum Gasteiger partial charge on any atom is 0.241 e. The predicted octanol–water partition coefficient (Wildman–Crippen LogP) is 3.89. The number of hydrogen-bond donors (Lipinski definition) is 0. The molecule has 0 N–H and O–H groups in total. The first-order chi connectivity index (χ1) is 12.7. The zero-order valence-corrected chi connectivity index (χ0v) is 16.8. The molecule has 1 fully saturated rings. The van der Waals surface area contributed by atoms with E-state index in [-0.39, 0.29) is 0 Å². The van der Waals surface area contributed by atoms with Gasteiger partial charge in [0.15, 0.2) is 0 Å². The lowest BCUT2D eigenvalue weighted by Crippen LogP contribution is -2.46. The molecule has 1 saturated heterocycles. The Balaban J connectivity index is 1.33. The summed E-state index contributed by atoms with van der Waals surface area (Å²) in [5, 5.41) is 6.12. The van der Waals surface area contributed by atoms with Gasteiger partial charge in [0.05, 0.1) is 18.5 Å². The minimum absolute atomic E-state index is 0.660. The first kappa shape index (κ1) is 17.5. The van der Waals surface area contributed by atoms with Gasteiger partial charge in [-0.2, -0.15) is 4.98 Å². The zero-order chi connectivity index (χ0) is 17.9. The number of thiophene rings is 1. The summed E-state index contributed by atoms with van der Waals surface area (Å²) in [6.45, 7) is 4.58. The van der Waals surface area contributed by atoms with E-state index in [9.17, 15) is 0 Å². The largest absolute Gasteiger partial charge is 0.497 e. The maximum atomic E-state index is 5.43. The maximum absolute atomic E-state index is 5.43. The number of anilines is 1. The standard InChI is InChI=1S/C18H19BrN4O2S/c1-24-15-4-2-14(3-5-15)23-8-6-22(7-9-23)11-17-20-18(21-25-17)16-10-13(19)12-26-16/h2-5,10,12H,6-9,11H2,1H3. The highest BCUT2D eigenvalue weighted by molar-refractivity contribution is 9.10. The van der Waals surface area contributed by atoms with E-state index < -0.39 is 0 Å². The van der Waals surface area contributed by atoms with Crippen molar-refractivity contribution in [3.8, 4) is 16.5 Å². The van der Waals surface area contributed by atoms with Crippen molar-refractivity contribution < 1.29 is 9.26 Å². The van der Waals surface area contributed by atoms with E-state index in [2.05, 4.69) is 48.0 Å². The molecule has 1 aliphatic rings. The number of benzene rings is 1. The van der Waals surface area contributed by atoms with Crippen molar-refractivity contribution in [3.63, 3.8) is 0 Å². The van der Waals surface area contributed by atoms with Crippen LogP contribution in [0.2, 0.25) is 0 Å². The molecule has 0 bridgehead atoms. The van der Waals surface area contributed by atoms with Gasteiger partial charge in [-0.05, 0) is 46.3 Å². The summed E-state index contributed by atoms with van der Waals surface area (Å²) >= 11 is 5.05. The van der Waals surface area contributed by atoms with Crippen LogP contribution in [-0.2, 0) is 6.54 Å². The quantitative estimate of drug-likeness (QED) is 0.606. The molecule has 26 heavy (non-hydrogen) atoms. The molecule has 2 aromatic heterocycles. The number of halogens is 1. The van der Waals surface area contributed by atoms with Gasteiger partial charge in [-0.1, -0.05) is 5.16 Å². The average molecular weight is 435 g/mol. The Morgan fingerprint density at radius 1 is 1.19 bits per heavy atom. The van der Waals surface area contributed by atoms with Crippen LogP contribution in [0.15, 0.2) is 44.7 Å². The number of rotatable bonds is 5. The molecule has 3 aromatic rings. The molecule has 136 valence electrons. The summed E-state index contributed by atoms with van der Waals surface area (Å²) < 4.78 is 11.7. The normalized spacial score (nSPS) is 15.4. The van der Waals surface area contributed by atoms with Gasteiger partial charge in [-0.3, -0.25) is 4.90 Å². The Morgan fingerprint density at radius 2 is 1.96 bits per heavy atom. The fourth-order valence-corrected chi connectivity index (χ4v) is 4.35. The summed E-state index contributed by atoms with van der Waals surface area (Å²) in [4.78, 5) is 10.3. The second kappa shape index (κ2) is 7.77. The molecule has 8 heteroatoms. The molecule has 4 rings (SSSR count). The molecule has 0 radical (unpaired) electrons. The molecule has 1 aromatic carbocycles. The minimum Gasteiger partial charge on any atom is -0.497 e. The van der Waals surface area contributed by atoms with Crippen molar-refractivity contribution in [2.24, 2.45) is 0 Å². The molecule has 3 heterocycles. The Labute approximate surface area is 164 Å². The van der Waals surface area contributed by atoms with Gasteiger partial charge in [-0.25, -0.2) is 0 Å². The zero-order valence-electron chi connectivity index (χ0n) is 14.4. The van der Waals surface area contributed by atoms with Gasteiger partial charge in [0, 0.05) is 41.7 Å². The number of ether oxygens (including phenoxy) is 1. The van der Waals surface area contributed by atoms with Crippen LogP contribution in [0.1, 0.15) is 5.89 Å². The van der Waals surface area contributed by atoms with Crippen LogP contribution in [0.25, 0.3) is 10.7 Å². The number of nitrogens with zero attached hydrogens (tertiary/aromatic N) is 4. The van der Waals surface area contributed by atoms with Crippen LogP contribution in [0.4, 0.5) is 5.69 Å². The van der Waals surface area contributed by atoms with Crippen molar-refractivity contribution in [1.82, 2.24) is 15.0 Å². The molecule has 1 aliphatic heterocycles. The van der Waals surface area contributed by atoms with E-state index in [4.69, 9.17) is 9.26 Å². The fraction of sp³-hybridized carbons (Fsp3) is 0.333. The molecular formula is C18H19BrN4O2S. The van der Waals surface area contributed by atoms with Gasteiger partial charge in [-0.15, -0.1) is 11.3 Å². The van der Waals surface area contributed by atoms with E-state index in [1.165, 1.54) is 5.69 Å². The van der Waals surface area contributed by atoms with Crippen molar-refractivity contribution >= 4 is 33.0 Å². The Morgan fingerprint density at radius 3 is 2.62 bits per heavy atom. The monoisotopic (exact) mass is 434 g/mol. The van der Waals surface area contributed by atoms with E-state index in [1.807, 2.05) is 23.6 Å².